The molecule has 0 fully saturated rings. The molecule has 0 saturated carbocycles. The van der Waals surface area contributed by atoms with E-state index < -0.39 is 18.0 Å². The number of esters is 1. The molecule has 2 aromatic rings. The number of ketones is 1. The molecule has 0 unspecified atom stereocenters. The molecule has 1 aromatic carbocycles. The number of Topliss-reactive ketones (excluding diaryl/α,β-unsaturated/α-hetero) is 1. The van der Waals surface area contributed by atoms with E-state index in [9.17, 15) is 19.2 Å². The Hall–Kier alpha value is -3.00. The van der Waals surface area contributed by atoms with Crippen LogP contribution in [-0.2, 0) is 19.1 Å². The molecule has 0 radical (unpaired) electrons. The Kier molecular flexibility index (Phi) is 7.25. The maximum absolute atomic E-state index is 12.1. The maximum Gasteiger partial charge on any atom is 0.307 e. The van der Waals surface area contributed by atoms with E-state index in [1.54, 1.807) is 41.8 Å². The van der Waals surface area contributed by atoms with Gasteiger partial charge in [-0.15, -0.1) is 11.3 Å². The van der Waals surface area contributed by atoms with Gasteiger partial charge in [-0.1, -0.05) is 6.07 Å². The Labute approximate surface area is 160 Å². The minimum Gasteiger partial charge on any atom is -0.453 e. The van der Waals surface area contributed by atoms with Crippen molar-refractivity contribution in [3.8, 4) is 0 Å². The predicted molar refractivity (Wildman–Crippen MR) is 103 cm³/mol. The molecule has 0 saturated heterocycles. The zero-order valence-electron chi connectivity index (χ0n) is 15.0. The molecular formula is C19H20N2O5S. The summed E-state index contributed by atoms with van der Waals surface area (Å²) in [5.41, 5.74) is 1.11. The molecule has 0 spiro atoms. The van der Waals surface area contributed by atoms with Crippen LogP contribution in [0.1, 0.15) is 36.4 Å². The van der Waals surface area contributed by atoms with Gasteiger partial charge in [-0.05, 0) is 42.6 Å². The van der Waals surface area contributed by atoms with Gasteiger partial charge >= 0.3 is 5.97 Å². The van der Waals surface area contributed by atoms with Crippen LogP contribution in [0.2, 0.25) is 0 Å². The fourth-order valence-corrected chi connectivity index (χ4v) is 2.86. The Morgan fingerprint density at radius 2 is 1.63 bits per heavy atom. The van der Waals surface area contributed by atoms with Gasteiger partial charge in [0.25, 0.3) is 5.91 Å². The molecule has 1 heterocycles. The largest absolute Gasteiger partial charge is 0.453 e. The zero-order valence-corrected chi connectivity index (χ0v) is 15.8. The van der Waals surface area contributed by atoms with E-state index >= 15 is 0 Å². The average molecular weight is 388 g/mol. The van der Waals surface area contributed by atoms with Crippen LogP contribution in [0.4, 0.5) is 11.4 Å². The van der Waals surface area contributed by atoms with Crippen molar-refractivity contribution in [3.63, 3.8) is 0 Å². The summed E-state index contributed by atoms with van der Waals surface area (Å²) in [5, 5.41) is 7.03. The lowest BCUT2D eigenvalue weighted by molar-refractivity contribution is -0.153. The summed E-state index contributed by atoms with van der Waals surface area (Å²) >= 11 is 1.32. The lowest BCUT2D eigenvalue weighted by Crippen LogP contribution is -2.30. The number of rotatable bonds is 8. The highest BCUT2D eigenvalue weighted by molar-refractivity contribution is 7.12. The highest BCUT2D eigenvalue weighted by Gasteiger charge is 2.19. The zero-order chi connectivity index (χ0) is 19.8. The number of carbonyl (C=O) groups is 4. The monoisotopic (exact) mass is 388 g/mol. The summed E-state index contributed by atoms with van der Waals surface area (Å²) in [6, 6.07) is 10.00. The molecule has 2 amide bonds. The highest BCUT2D eigenvalue weighted by atomic mass is 32.1. The van der Waals surface area contributed by atoms with E-state index in [2.05, 4.69) is 10.6 Å². The number of thiophene rings is 1. The van der Waals surface area contributed by atoms with Crippen LogP contribution in [0.15, 0.2) is 41.8 Å². The van der Waals surface area contributed by atoms with E-state index in [1.165, 1.54) is 25.2 Å². The van der Waals surface area contributed by atoms with Crippen molar-refractivity contribution < 1.29 is 23.9 Å². The fraction of sp³-hybridized carbons (Fsp3) is 0.263. The number of ether oxygens (including phenoxy) is 1. The van der Waals surface area contributed by atoms with Crippen LogP contribution in [0.25, 0.3) is 0 Å². The third-order valence-electron chi connectivity index (χ3n) is 3.50. The third kappa shape index (κ3) is 6.67. The lowest BCUT2D eigenvalue weighted by Gasteiger charge is -2.13. The Morgan fingerprint density at radius 1 is 1.00 bits per heavy atom. The predicted octanol–water partition coefficient (Wildman–Crippen LogP) is 3.24. The van der Waals surface area contributed by atoms with E-state index in [0.717, 1.165) is 0 Å². The molecule has 0 aliphatic carbocycles. The van der Waals surface area contributed by atoms with Gasteiger partial charge in [-0.3, -0.25) is 19.2 Å². The minimum absolute atomic E-state index is 0.0400. The molecule has 0 aliphatic heterocycles. The van der Waals surface area contributed by atoms with Gasteiger partial charge in [0, 0.05) is 24.7 Å². The standard InChI is InChI=1S/C19H20N2O5S/c1-12(26-18(24)10-9-16(23)17-4-3-11-27-17)19(25)21-15-7-5-14(6-8-15)20-13(2)22/h3-8,11-12H,9-10H2,1-2H3,(H,20,22)(H,21,25)/t12-/m1/s1. The average Bonchev–Trinajstić information content (AvgIpc) is 3.15. The second kappa shape index (κ2) is 9.63. The number of amides is 2. The Bertz CT molecular complexity index is 815. The van der Waals surface area contributed by atoms with E-state index in [4.69, 9.17) is 4.74 Å². The summed E-state index contributed by atoms with van der Waals surface area (Å²) < 4.78 is 5.07. The van der Waals surface area contributed by atoms with Crippen LogP contribution in [0.5, 0.6) is 0 Å². The number of benzene rings is 1. The maximum atomic E-state index is 12.1. The van der Waals surface area contributed by atoms with Crippen molar-refractivity contribution in [2.45, 2.75) is 32.8 Å². The summed E-state index contributed by atoms with van der Waals surface area (Å²) in [4.78, 5) is 47.4. The van der Waals surface area contributed by atoms with Crippen molar-refractivity contribution in [1.29, 1.82) is 0 Å². The van der Waals surface area contributed by atoms with Crippen LogP contribution in [-0.4, -0.2) is 29.7 Å². The Balaban J connectivity index is 1.78. The number of carbonyl (C=O) groups excluding carboxylic acids is 4. The summed E-state index contributed by atoms with van der Waals surface area (Å²) in [5.74, 6) is -1.41. The molecule has 27 heavy (non-hydrogen) atoms. The molecule has 142 valence electrons. The number of nitrogens with one attached hydrogen (secondary N) is 2. The molecule has 7 nitrogen and oxygen atoms in total. The van der Waals surface area contributed by atoms with Gasteiger partial charge in [0.1, 0.15) is 0 Å². The van der Waals surface area contributed by atoms with Gasteiger partial charge in [0.15, 0.2) is 11.9 Å². The Morgan fingerprint density at radius 3 is 2.19 bits per heavy atom. The van der Waals surface area contributed by atoms with Crippen molar-refractivity contribution in [1.82, 2.24) is 0 Å². The van der Waals surface area contributed by atoms with E-state index in [-0.39, 0.29) is 24.5 Å². The fourth-order valence-electron chi connectivity index (χ4n) is 2.17. The number of anilines is 2. The minimum atomic E-state index is -0.996. The molecule has 1 atom stereocenters. The van der Waals surface area contributed by atoms with Gasteiger partial charge in [0.05, 0.1) is 11.3 Å². The molecule has 1 aromatic heterocycles. The second-order valence-electron chi connectivity index (χ2n) is 5.78. The molecule has 2 rings (SSSR count). The van der Waals surface area contributed by atoms with Crippen molar-refractivity contribution >= 4 is 46.3 Å². The highest BCUT2D eigenvalue weighted by Crippen LogP contribution is 2.15. The topological polar surface area (TPSA) is 102 Å². The first-order valence-electron chi connectivity index (χ1n) is 8.30. The molecule has 2 N–H and O–H groups in total. The normalized spacial score (nSPS) is 11.3. The van der Waals surface area contributed by atoms with E-state index in [1.807, 2.05) is 0 Å². The van der Waals surface area contributed by atoms with E-state index in [0.29, 0.717) is 16.3 Å². The molecular weight excluding hydrogens is 368 g/mol. The van der Waals surface area contributed by atoms with Crippen LogP contribution < -0.4 is 10.6 Å². The summed E-state index contributed by atoms with van der Waals surface area (Å²) in [6.07, 6.45) is -1.04. The van der Waals surface area contributed by atoms with Crippen molar-refractivity contribution in [2.75, 3.05) is 10.6 Å². The van der Waals surface area contributed by atoms with Gasteiger partial charge in [0.2, 0.25) is 5.91 Å². The van der Waals surface area contributed by atoms with Crippen molar-refractivity contribution in [3.05, 3.63) is 46.7 Å². The van der Waals surface area contributed by atoms with Crippen molar-refractivity contribution in [2.24, 2.45) is 0 Å². The first-order valence-corrected chi connectivity index (χ1v) is 9.18. The molecule has 8 heteroatoms. The van der Waals surface area contributed by atoms with Gasteiger partial charge in [-0.2, -0.15) is 0 Å². The van der Waals surface area contributed by atoms with Gasteiger partial charge in [-0.25, -0.2) is 0 Å². The summed E-state index contributed by atoms with van der Waals surface area (Å²) in [6.45, 7) is 2.86. The molecule has 0 bridgehead atoms. The lowest BCUT2D eigenvalue weighted by atomic mass is 10.2. The van der Waals surface area contributed by atoms with Crippen LogP contribution >= 0.6 is 11.3 Å². The quantitative estimate of drug-likeness (QED) is 0.534. The SMILES string of the molecule is CC(=O)Nc1ccc(NC(=O)[C@@H](C)OC(=O)CCC(=O)c2cccs2)cc1. The summed E-state index contributed by atoms with van der Waals surface area (Å²) in [7, 11) is 0. The number of hydrogen-bond donors (Lipinski definition) is 2. The van der Waals surface area contributed by atoms with Crippen LogP contribution in [0, 0.1) is 0 Å². The number of hydrogen-bond acceptors (Lipinski definition) is 6. The third-order valence-corrected chi connectivity index (χ3v) is 4.41. The first kappa shape index (κ1) is 20.3. The molecule has 0 aliphatic rings. The second-order valence-corrected chi connectivity index (χ2v) is 6.73. The first-order chi connectivity index (χ1) is 12.8. The van der Waals surface area contributed by atoms with Gasteiger partial charge < -0.3 is 15.4 Å². The smallest absolute Gasteiger partial charge is 0.307 e. The van der Waals surface area contributed by atoms with Crippen LogP contribution in [0.3, 0.4) is 0 Å².